The number of carbonyl (C=O) groups is 1. The van der Waals surface area contributed by atoms with Crippen LogP contribution in [-0.2, 0) is 11.3 Å². The second-order valence-electron chi connectivity index (χ2n) is 5.42. The Hall–Kier alpha value is -2.25. The van der Waals surface area contributed by atoms with Crippen molar-refractivity contribution in [1.82, 2.24) is 14.3 Å². The Balaban J connectivity index is 1.78. The number of nitrogens with zero attached hydrogens (tertiary/aromatic N) is 3. The van der Waals surface area contributed by atoms with Gasteiger partial charge in [-0.15, -0.1) is 11.3 Å². The van der Waals surface area contributed by atoms with Crippen molar-refractivity contribution in [2.75, 3.05) is 20.3 Å². The summed E-state index contributed by atoms with van der Waals surface area (Å²) in [6.45, 7) is 1.54. The van der Waals surface area contributed by atoms with E-state index in [1.54, 1.807) is 30.3 Å². The Labute approximate surface area is 143 Å². The summed E-state index contributed by atoms with van der Waals surface area (Å²) in [6, 6.07) is 6.19. The lowest BCUT2D eigenvalue weighted by Gasteiger charge is -2.22. The molecular weight excluding hydrogens is 329 g/mol. The zero-order valence-electron chi connectivity index (χ0n) is 13.3. The molecule has 1 aromatic carbocycles. The van der Waals surface area contributed by atoms with Gasteiger partial charge in [-0.2, -0.15) is 0 Å². The van der Waals surface area contributed by atoms with Crippen molar-refractivity contribution in [3.8, 4) is 0 Å². The minimum absolute atomic E-state index is 0.133. The van der Waals surface area contributed by atoms with E-state index in [0.29, 0.717) is 25.4 Å². The van der Waals surface area contributed by atoms with Gasteiger partial charge in [0.25, 0.3) is 5.91 Å². The number of imidazole rings is 1. The third kappa shape index (κ3) is 3.80. The van der Waals surface area contributed by atoms with E-state index in [0.717, 1.165) is 16.9 Å². The summed E-state index contributed by atoms with van der Waals surface area (Å²) in [5.41, 5.74) is 1.30. The van der Waals surface area contributed by atoms with Gasteiger partial charge in [0.05, 0.1) is 0 Å². The highest BCUT2D eigenvalue weighted by atomic mass is 32.1. The first-order valence-electron chi connectivity index (χ1n) is 7.62. The van der Waals surface area contributed by atoms with Crippen molar-refractivity contribution in [2.45, 2.75) is 13.0 Å². The van der Waals surface area contributed by atoms with E-state index < -0.39 is 0 Å². The second kappa shape index (κ2) is 7.55. The van der Waals surface area contributed by atoms with Crippen molar-refractivity contribution in [2.24, 2.45) is 0 Å². The first kappa shape index (κ1) is 16.6. The highest BCUT2D eigenvalue weighted by molar-refractivity contribution is 7.15. The van der Waals surface area contributed by atoms with E-state index in [1.807, 2.05) is 16.0 Å². The predicted molar refractivity (Wildman–Crippen MR) is 90.7 cm³/mol. The van der Waals surface area contributed by atoms with Crippen LogP contribution in [0.3, 0.4) is 0 Å². The van der Waals surface area contributed by atoms with Crippen molar-refractivity contribution < 1.29 is 13.9 Å². The maximum Gasteiger partial charge on any atom is 0.274 e. The molecule has 5 nitrogen and oxygen atoms in total. The summed E-state index contributed by atoms with van der Waals surface area (Å²) in [4.78, 5) is 19.7. The third-order valence-corrected chi connectivity index (χ3v) is 4.43. The zero-order valence-corrected chi connectivity index (χ0v) is 14.1. The minimum Gasteiger partial charge on any atom is -0.385 e. The number of hydrogen-bond donors (Lipinski definition) is 0. The van der Waals surface area contributed by atoms with Crippen LogP contribution in [0.2, 0.25) is 0 Å². The van der Waals surface area contributed by atoms with Crippen LogP contribution >= 0.6 is 11.3 Å². The van der Waals surface area contributed by atoms with Crippen LogP contribution in [0, 0.1) is 5.82 Å². The van der Waals surface area contributed by atoms with E-state index in [4.69, 9.17) is 4.74 Å². The Kier molecular flexibility index (Phi) is 5.22. The first-order valence-corrected chi connectivity index (χ1v) is 8.50. The molecule has 24 heavy (non-hydrogen) atoms. The van der Waals surface area contributed by atoms with Crippen molar-refractivity contribution in [3.63, 3.8) is 0 Å². The highest BCUT2D eigenvalue weighted by Crippen LogP contribution is 2.15. The SMILES string of the molecule is COCCCN(Cc1ccc(F)cc1)C(=O)c1cn2ccsc2n1. The molecule has 3 aromatic rings. The molecule has 0 atom stereocenters. The fourth-order valence-corrected chi connectivity index (χ4v) is 3.15. The average Bonchev–Trinajstić information content (AvgIpc) is 3.17. The fraction of sp³-hybridized carbons (Fsp3) is 0.294. The lowest BCUT2D eigenvalue weighted by atomic mass is 10.2. The van der Waals surface area contributed by atoms with Crippen molar-refractivity contribution in [3.05, 3.63) is 59.1 Å². The Morgan fingerprint density at radius 1 is 1.38 bits per heavy atom. The monoisotopic (exact) mass is 347 g/mol. The summed E-state index contributed by atoms with van der Waals surface area (Å²) in [6.07, 6.45) is 4.34. The van der Waals surface area contributed by atoms with E-state index in [9.17, 15) is 9.18 Å². The van der Waals surface area contributed by atoms with E-state index >= 15 is 0 Å². The van der Waals surface area contributed by atoms with Crippen LogP contribution in [0.25, 0.3) is 4.96 Å². The topological polar surface area (TPSA) is 46.8 Å². The summed E-state index contributed by atoms with van der Waals surface area (Å²) < 4.78 is 20.0. The van der Waals surface area contributed by atoms with Gasteiger partial charge in [-0.05, 0) is 24.1 Å². The molecule has 0 saturated carbocycles. The summed E-state index contributed by atoms with van der Waals surface area (Å²) in [5.74, 6) is -0.420. The molecule has 7 heteroatoms. The summed E-state index contributed by atoms with van der Waals surface area (Å²) in [5, 5.41) is 1.92. The molecule has 2 aromatic heterocycles. The van der Waals surface area contributed by atoms with Crippen molar-refractivity contribution >= 4 is 22.2 Å². The van der Waals surface area contributed by atoms with E-state index in [1.165, 1.54) is 23.5 Å². The van der Waals surface area contributed by atoms with Gasteiger partial charge in [0.1, 0.15) is 11.5 Å². The standard InChI is InChI=1S/C17H18FN3O2S/c1-23-9-2-7-20(11-13-3-5-14(18)6-4-13)16(22)15-12-21-8-10-24-17(21)19-15/h3-6,8,10,12H,2,7,9,11H2,1H3. The van der Waals surface area contributed by atoms with E-state index in [-0.39, 0.29) is 11.7 Å². The number of halogens is 1. The number of benzene rings is 1. The zero-order chi connectivity index (χ0) is 16.9. The Morgan fingerprint density at radius 2 is 2.17 bits per heavy atom. The molecular formula is C17H18FN3O2S. The maximum absolute atomic E-state index is 13.1. The quantitative estimate of drug-likeness (QED) is 0.617. The van der Waals surface area contributed by atoms with E-state index in [2.05, 4.69) is 4.98 Å². The number of amides is 1. The largest absolute Gasteiger partial charge is 0.385 e. The number of rotatable bonds is 7. The molecule has 0 N–H and O–H groups in total. The van der Waals surface area contributed by atoms with Gasteiger partial charge in [-0.1, -0.05) is 12.1 Å². The number of hydrogen-bond acceptors (Lipinski definition) is 4. The van der Waals surface area contributed by atoms with Crippen molar-refractivity contribution in [1.29, 1.82) is 0 Å². The lowest BCUT2D eigenvalue weighted by molar-refractivity contribution is 0.0718. The Bertz CT molecular complexity index is 784. The average molecular weight is 347 g/mol. The summed E-state index contributed by atoms with van der Waals surface area (Å²) in [7, 11) is 1.63. The fourth-order valence-electron chi connectivity index (χ4n) is 2.45. The third-order valence-electron chi connectivity index (χ3n) is 3.66. The summed E-state index contributed by atoms with van der Waals surface area (Å²) >= 11 is 1.48. The van der Waals surface area contributed by atoms with Crippen LogP contribution < -0.4 is 0 Å². The van der Waals surface area contributed by atoms with Crippen LogP contribution in [0.1, 0.15) is 22.5 Å². The molecule has 0 unspecified atom stereocenters. The van der Waals surface area contributed by atoms with Crippen LogP contribution in [0.15, 0.2) is 42.0 Å². The molecule has 1 amide bonds. The second-order valence-corrected chi connectivity index (χ2v) is 6.29. The molecule has 0 saturated heterocycles. The molecule has 0 spiro atoms. The smallest absolute Gasteiger partial charge is 0.274 e. The van der Waals surface area contributed by atoms with Gasteiger partial charge in [-0.3, -0.25) is 9.20 Å². The number of aromatic nitrogens is 2. The molecule has 0 aliphatic rings. The number of fused-ring (bicyclic) bond motifs is 1. The molecule has 0 aliphatic carbocycles. The van der Waals surface area contributed by atoms with Gasteiger partial charge in [0.2, 0.25) is 0 Å². The highest BCUT2D eigenvalue weighted by Gasteiger charge is 2.19. The number of carbonyl (C=O) groups excluding carboxylic acids is 1. The Morgan fingerprint density at radius 3 is 2.88 bits per heavy atom. The van der Waals surface area contributed by atoms with Crippen LogP contribution in [-0.4, -0.2) is 40.5 Å². The normalized spacial score (nSPS) is 11.1. The van der Waals surface area contributed by atoms with Gasteiger partial charge in [-0.25, -0.2) is 9.37 Å². The van der Waals surface area contributed by atoms with Gasteiger partial charge in [0.15, 0.2) is 4.96 Å². The molecule has 0 fully saturated rings. The lowest BCUT2D eigenvalue weighted by Crippen LogP contribution is -2.32. The van der Waals surface area contributed by atoms with Crippen LogP contribution in [0.4, 0.5) is 4.39 Å². The molecule has 0 bridgehead atoms. The molecule has 0 aliphatic heterocycles. The predicted octanol–water partition coefficient (Wildman–Crippen LogP) is 3.21. The molecule has 3 rings (SSSR count). The molecule has 0 radical (unpaired) electrons. The minimum atomic E-state index is -0.287. The number of ether oxygens (including phenoxy) is 1. The van der Waals surface area contributed by atoms with Crippen LogP contribution in [0.5, 0.6) is 0 Å². The number of thiazole rings is 1. The van der Waals surface area contributed by atoms with Gasteiger partial charge in [0, 0.05) is 44.6 Å². The van der Waals surface area contributed by atoms with Gasteiger partial charge < -0.3 is 9.64 Å². The number of methoxy groups -OCH3 is 1. The molecule has 2 heterocycles. The first-order chi connectivity index (χ1) is 11.7. The molecule has 126 valence electrons. The van der Waals surface area contributed by atoms with Gasteiger partial charge >= 0.3 is 0 Å². The maximum atomic E-state index is 13.1.